The molecule has 2 nitrogen and oxygen atoms in total. The van der Waals surface area contributed by atoms with Crippen molar-refractivity contribution in [1.82, 2.24) is 0 Å². The highest BCUT2D eigenvalue weighted by Crippen LogP contribution is 2.43. The average Bonchev–Trinajstić information content (AvgIpc) is 2.02. The smallest absolute Gasteiger partial charge is 0.220 e. The second-order valence-corrected chi connectivity index (χ2v) is 13.2. The Morgan fingerprint density at radius 1 is 1.21 bits per heavy atom. The molecule has 0 saturated heterocycles. The molecule has 0 amide bonds. The molecule has 0 aliphatic carbocycles. The predicted molar refractivity (Wildman–Crippen MR) is 67.9 cm³/mol. The number of halogens is 3. The van der Waals surface area contributed by atoms with Gasteiger partial charge in [0.05, 0.1) is 4.90 Å². The van der Waals surface area contributed by atoms with Crippen LogP contribution in [0.2, 0.25) is 0 Å². The van der Waals surface area contributed by atoms with Crippen molar-refractivity contribution >= 4 is 57.6 Å². The van der Waals surface area contributed by atoms with E-state index in [0.717, 1.165) is 5.56 Å². The van der Waals surface area contributed by atoms with E-state index in [4.69, 9.17) is 0 Å². The minimum atomic E-state index is -3.45. The minimum absolute atomic E-state index is 0.267. The van der Waals surface area contributed by atoms with Gasteiger partial charge < -0.3 is 0 Å². The zero-order chi connectivity index (χ0) is 11.0. The van der Waals surface area contributed by atoms with Gasteiger partial charge in [0.2, 0.25) is 11.3 Å². The Kier molecular flexibility index (Phi) is 3.83. The van der Waals surface area contributed by atoms with Gasteiger partial charge in [0.1, 0.15) is 0 Å². The van der Waals surface area contributed by atoms with Gasteiger partial charge in [-0.2, -0.15) is 0 Å². The maximum atomic E-state index is 11.9. The normalized spacial score (nSPS) is 12.9. The second kappa shape index (κ2) is 4.23. The first-order valence-corrected chi connectivity index (χ1v) is 7.49. The zero-order valence-corrected chi connectivity index (χ0v) is 12.7. The highest BCUT2D eigenvalue weighted by molar-refractivity contribution is 9.42. The van der Waals surface area contributed by atoms with Crippen LogP contribution in [0.25, 0.3) is 0 Å². The summed E-state index contributed by atoms with van der Waals surface area (Å²) >= 11 is 9.02. The van der Waals surface area contributed by atoms with Crippen LogP contribution in [-0.4, -0.2) is 9.89 Å². The molecule has 0 spiro atoms. The van der Waals surface area contributed by atoms with Crippen LogP contribution < -0.4 is 0 Å². The summed E-state index contributed by atoms with van der Waals surface area (Å²) in [5.41, 5.74) is 0.905. The lowest BCUT2D eigenvalue weighted by molar-refractivity contribution is 0.598. The monoisotopic (exact) mass is 404 g/mol. The van der Waals surface area contributed by atoms with Crippen LogP contribution in [0.4, 0.5) is 0 Å². The van der Waals surface area contributed by atoms with E-state index in [1.54, 1.807) is 18.2 Å². The molecule has 0 aliphatic rings. The molecule has 14 heavy (non-hydrogen) atoms. The Morgan fingerprint density at radius 2 is 1.79 bits per heavy atom. The molecule has 6 heteroatoms. The van der Waals surface area contributed by atoms with E-state index in [9.17, 15) is 8.42 Å². The number of hydrogen-bond donors (Lipinski definition) is 0. The van der Waals surface area contributed by atoms with E-state index >= 15 is 0 Å². The molecule has 0 aromatic heterocycles. The summed E-state index contributed by atoms with van der Waals surface area (Å²) in [6.45, 7) is 1.84. The first-order chi connectivity index (χ1) is 6.25. The Morgan fingerprint density at radius 3 is 2.21 bits per heavy atom. The molecule has 0 radical (unpaired) electrons. The largest absolute Gasteiger partial charge is 0.239 e. The van der Waals surface area contributed by atoms with Crippen LogP contribution in [0.1, 0.15) is 5.56 Å². The Balaban J connectivity index is 3.32. The molecule has 0 fully saturated rings. The van der Waals surface area contributed by atoms with Gasteiger partial charge >= 0.3 is 0 Å². The number of hydrogen-bond acceptors (Lipinski definition) is 2. The van der Waals surface area contributed by atoms with Crippen molar-refractivity contribution in [3.63, 3.8) is 0 Å². The Labute approximate surface area is 108 Å². The van der Waals surface area contributed by atoms with Crippen LogP contribution in [0.15, 0.2) is 29.2 Å². The highest BCUT2D eigenvalue weighted by Gasteiger charge is 2.37. The molecule has 0 aliphatic heterocycles. The molecule has 0 unspecified atom stereocenters. The van der Waals surface area contributed by atoms with Gasteiger partial charge in [-0.25, -0.2) is 8.42 Å². The molecule has 1 aromatic rings. The summed E-state index contributed by atoms with van der Waals surface area (Å²) in [6.07, 6.45) is 0. The standard InChI is InChI=1S/C8H7Br3O2S/c1-6-3-2-4-7(5-6)14(12,13)8(9,10)11/h2-5H,1H3. The topological polar surface area (TPSA) is 34.1 Å². The van der Waals surface area contributed by atoms with Crippen molar-refractivity contribution in [3.8, 4) is 0 Å². The number of aryl methyl sites for hydroxylation is 1. The average molecular weight is 407 g/mol. The van der Waals surface area contributed by atoms with Gasteiger partial charge in [0.15, 0.2) is 0 Å². The Bertz CT molecular complexity index is 434. The Hall–Kier alpha value is 0.610. The molecule has 78 valence electrons. The molecule has 0 bridgehead atoms. The fourth-order valence-corrected chi connectivity index (χ4v) is 3.46. The quantitative estimate of drug-likeness (QED) is 0.668. The minimum Gasteiger partial charge on any atom is -0.220 e. The fraction of sp³-hybridized carbons (Fsp3) is 0.250. The molecule has 1 rings (SSSR count). The van der Waals surface area contributed by atoms with Gasteiger partial charge in [-0.05, 0) is 72.4 Å². The van der Waals surface area contributed by atoms with Crippen molar-refractivity contribution in [2.24, 2.45) is 0 Å². The summed E-state index contributed by atoms with van der Waals surface area (Å²) in [5, 5.41) is 0. The van der Waals surface area contributed by atoms with E-state index in [2.05, 4.69) is 47.8 Å². The maximum absolute atomic E-state index is 11.9. The first-order valence-electron chi connectivity index (χ1n) is 3.63. The first kappa shape index (κ1) is 12.7. The van der Waals surface area contributed by atoms with Gasteiger partial charge in [0.25, 0.3) is 0 Å². The predicted octanol–water partition coefficient (Wildman–Crippen LogP) is 3.56. The molecule has 0 saturated carbocycles. The third-order valence-electron chi connectivity index (χ3n) is 1.60. The van der Waals surface area contributed by atoms with Crippen molar-refractivity contribution in [2.45, 2.75) is 13.3 Å². The number of benzene rings is 1. The third kappa shape index (κ3) is 2.59. The molecular formula is C8H7Br3O2S. The number of rotatable bonds is 1. The van der Waals surface area contributed by atoms with Crippen molar-refractivity contribution in [3.05, 3.63) is 29.8 Å². The summed E-state index contributed by atoms with van der Waals surface area (Å²) < 4.78 is 22.4. The van der Waals surface area contributed by atoms with E-state index in [1.807, 2.05) is 13.0 Å². The van der Waals surface area contributed by atoms with E-state index in [-0.39, 0.29) is 4.90 Å². The molecule has 0 heterocycles. The van der Waals surface area contributed by atoms with Crippen LogP contribution in [0, 0.1) is 6.92 Å². The maximum Gasteiger partial charge on any atom is 0.239 e. The van der Waals surface area contributed by atoms with Crippen molar-refractivity contribution in [1.29, 1.82) is 0 Å². The second-order valence-electron chi connectivity index (χ2n) is 2.77. The molecule has 0 N–H and O–H groups in total. The zero-order valence-electron chi connectivity index (χ0n) is 7.17. The van der Waals surface area contributed by atoms with E-state index in [1.165, 1.54) is 0 Å². The highest BCUT2D eigenvalue weighted by atomic mass is 80.0. The molecular weight excluding hydrogens is 400 g/mol. The van der Waals surface area contributed by atoms with Gasteiger partial charge in [0, 0.05) is 0 Å². The van der Waals surface area contributed by atoms with E-state index in [0.29, 0.717) is 0 Å². The third-order valence-corrected chi connectivity index (χ3v) is 6.92. The fourth-order valence-electron chi connectivity index (χ4n) is 0.916. The number of sulfone groups is 1. The van der Waals surface area contributed by atoms with Crippen LogP contribution in [0.5, 0.6) is 0 Å². The van der Waals surface area contributed by atoms with Crippen LogP contribution >= 0.6 is 47.8 Å². The summed E-state index contributed by atoms with van der Waals surface area (Å²) in [5.74, 6) is 0. The lowest BCUT2D eigenvalue weighted by Crippen LogP contribution is -2.17. The summed E-state index contributed by atoms with van der Waals surface area (Å²) in [7, 11) is -3.45. The lowest BCUT2D eigenvalue weighted by Gasteiger charge is -2.13. The van der Waals surface area contributed by atoms with Crippen molar-refractivity contribution < 1.29 is 8.42 Å². The summed E-state index contributed by atoms with van der Waals surface area (Å²) in [6, 6.07) is 6.73. The number of alkyl halides is 3. The van der Waals surface area contributed by atoms with Crippen LogP contribution in [0.3, 0.4) is 0 Å². The SMILES string of the molecule is Cc1cccc(S(=O)(=O)C(Br)(Br)Br)c1. The summed E-state index contributed by atoms with van der Waals surface area (Å²) in [4.78, 5) is 0.267. The van der Waals surface area contributed by atoms with Crippen molar-refractivity contribution in [2.75, 3.05) is 0 Å². The van der Waals surface area contributed by atoms with Gasteiger partial charge in [-0.15, -0.1) is 0 Å². The molecule has 1 aromatic carbocycles. The van der Waals surface area contributed by atoms with Gasteiger partial charge in [-0.3, -0.25) is 0 Å². The van der Waals surface area contributed by atoms with Gasteiger partial charge in [-0.1, -0.05) is 12.1 Å². The molecule has 0 atom stereocenters. The van der Waals surface area contributed by atoms with Crippen LogP contribution in [-0.2, 0) is 9.84 Å². The van der Waals surface area contributed by atoms with E-state index < -0.39 is 11.3 Å². The lowest BCUT2D eigenvalue weighted by atomic mass is 10.2.